The zero-order chi connectivity index (χ0) is 23.2. The Morgan fingerprint density at radius 2 is 2.00 bits per heavy atom. The van der Waals surface area contributed by atoms with Crippen LogP contribution in [0.2, 0.25) is 0 Å². The summed E-state index contributed by atoms with van der Waals surface area (Å²) in [6.45, 7) is 0.0285. The van der Waals surface area contributed by atoms with E-state index in [1.54, 1.807) is 18.3 Å². The Balaban J connectivity index is 0.000000913. The van der Waals surface area contributed by atoms with Crippen molar-refractivity contribution in [2.75, 3.05) is 6.61 Å². The van der Waals surface area contributed by atoms with Gasteiger partial charge in [0.25, 0.3) is 12.4 Å². The van der Waals surface area contributed by atoms with Gasteiger partial charge < -0.3 is 19.9 Å². The average molecular weight is 468 g/mol. The molecule has 0 saturated heterocycles. The van der Waals surface area contributed by atoms with Crippen LogP contribution < -0.4 is 14.8 Å². The van der Waals surface area contributed by atoms with Crippen LogP contribution in [-0.4, -0.2) is 45.0 Å². The molecule has 1 aliphatic heterocycles. The first-order valence-electron chi connectivity index (χ1n) is 8.91. The van der Waals surface area contributed by atoms with Crippen molar-refractivity contribution in [3.05, 3.63) is 64.9 Å². The molecule has 1 aromatic carbocycles. The number of fused-ring (bicyclic) bond motifs is 1. The Labute approximate surface area is 183 Å². The van der Waals surface area contributed by atoms with Gasteiger partial charge in [0, 0.05) is 12.6 Å². The van der Waals surface area contributed by atoms with Crippen molar-refractivity contribution in [1.29, 1.82) is 0 Å². The van der Waals surface area contributed by atoms with Crippen LogP contribution in [0.5, 0.6) is 11.5 Å². The summed E-state index contributed by atoms with van der Waals surface area (Å²) in [4.78, 5) is 25.8. The van der Waals surface area contributed by atoms with Gasteiger partial charge in [0.15, 0.2) is 0 Å². The molecule has 0 aliphatic carbocycles. The number of nitrogens with zero attached hydrogens (tertiary/aromatic N) is 3. The lowest BCUT2D eigenvalue weighted by Crippen LogP contribution is -2.50. The van der Waals surface area contributed by atoms with Crippen molar-refractivity contribution >= 4 is 23.9 Å². The summed E-state index contributed by atoms with van der Waals surface area (Å²) < 4.78 is 50.7. The number of carbonyl (C=O) groups excluding carboxylic acids is 1. The van der Waals surface area contributed by atoms with Crippen molar-refractivity contribution in [3.63, 3.8) is 0 Å². The number of alkyl halides is 3. The number of ether oxygens (including phenoxy) is 2. The fraction of sp³-hybridized carbons (Fsp3) is 0.211. The highest BCUT2D eigenvalue weighted by molar-refractivity contribution is 7.07. The van der Waals surface area contributed by atoms with Crippen LogP contribution in [0, 0.1) is 0 Å². The average Bonchev–Trinajstić information content (AvgIpc) is 3.29. The SMILES string of the molecule is O=C(NC1(c2ccc(OC(F)(F)F)cc2)CCOc2cccnc21)c1cnns1.O=CO. The van der Waals surface area contributed by atoms with Crippen LogP contribution in [0.3, 0.4) is 0 Å². The van der Waals surface area contributed by atoms with E-state index in [2.05, 4.69) is 24.6 Å². The Hall–Kier alpha value is -3.74. The van der Waals surface area contributed by atoms with Gasteiger partial charge in [-0.3, -0.25) is 14.6 Å². The predicted octanol–water partition coefficient (Wildman–Crippen LogP) is 2.99. The highest BCUT2D eigenvalue weighted by atomic mass is 32.1. The summed E-state index contributed by atoms with van der Waals surface area (Å²) in [5, 5.41) is 13.5. The topological polar surface area (TPSA) is 124 Å². The number of halogens is 3. The first kappa shape index (κ1) is 22.9. The van der Waals surface area contributed by atoms with E-state index in [0.29, 0.717) is 28.3 Å². The molecule has 0 spiro atoms. The van der Waals surface area contributed by atoms with E-state index < -0.39 is 17.8 Å². The van der Waals surface area contributed by atoms with Gasteiger partial charge in [-0.2, -0.15) is 0 Å². The molecule has 1 unspecified atom stereocenters. The lowest BCUT2D eigenvalue weighted by molar-refractivity contribution is -0.274. The number of benzene rings is 1. The number of carbonyl (C=O) groups is 2. The molecule has 0 fully saturated rings. The fourth-order valence-corrected chi connectivity index (χ4v) is 3.61. The number of hydrogen-bond acceptors (Lipinski definition) is 8. The molecule has 4 rings (SSSR count). The molecule has 3 aromatic rings. The maximum atomic E-state index is 12.8. The number of carboxylic acid groups (broad SMARTS) is 1. The Morgan fingerprint density at radius 1 is 1.28 bits per heavy atom. The first-order chi connectivity index (χ1) is 15.3. The number of amides is 1. The largest absolute Gasteiger partial charge is 0.573 e. The predicted molar refractivity (Wildman–Crippen MR) is 104 cm³/mol. The highest BCUT2D eigenvalue weighted by Crippen LogP contribution is 2.41. The Morgan fingerprint density at radius 3 is 2.62 bits per heavy atom. The van der Waals surface area contributed by atoms with Gasteiger partial charge >= 0.3 is 6.36 Å². The number of pyridine rings is 1. The van der Waals surface area contributed by atoms with E-state index in [-0.39, 0.29) is 18.8 Å². The molecule has 1 aliphatic rings. The molecular formula is C19H15F3N4O5S. The van der Waals surface area contributed by atoms with Crippen molar-refractivity contribution in [3.8, 4) is 11.5 Å². The molecule has 1 amide bonds. The van der Waals surface area contributed by atoms with Gasteiger partial charge in [0.1, 0.15) is 27.6 Å². The Kier molecular flexibility index (Phi) is 6.88. The van der Waals surface area contributed by atoms with Crippen LogP contribution in [0.1, 0.15) is 27.3 Å². The summed E-state index contributed by atoms with van der Waals surface area (Å²) in [7, 11) is 0. The van der Waals surface area contributed by atoms with E-state index in [0.717, 1.165) is 11.5 Å². The van der Waals surface area contributed by atoms with Crippen LogP contribution in [-0.2, 0) is 10.3 Å². The lowest BCUT2D eigenvalue weighted by Gasteiger charge is -2.38. The quantitative estimate of drug-likeness (QED) is 0.560. The minimum atomic E-state index is -4.79. The van der Waals surface area contributed by atoms with E-state index >= 15 is 0 Å². The second-order valence-corrected chi connectivity index (χ2v) is 7.05. The summed E-state index contributed by atoms with van der Waals surface area (Å²) in [6.07, 6.45) is -1.57. The van der Waals surface area contributed by atoms with Gasteiger partial charge in [-0.1, -0.05) is 16.6 Å². The third-order valence-corrected chi connectivity index (χ3v) is 5.07. The molecule has 168 valence electrons. The third-order valence-electron chi connectivity index (χ3n) is 4.40. The van der Waals surface area contributed by atoms with Gasteiger partial charge in [-0.15, -0.1) is 18.3 Å². The van der Waals surface area contributed by atoms with E-state index in [1.165, 1.54) is 30.5 Å². The molecule has 0 saturated carbocycles. The van der Waals surface area contributed by atoms with Crippen LogP contribution in [0.25, 0.3) is 0 Å². The zero-order valence-corrected chi connectivity index (χ0v) is 16.9. The number of hydrogen-bond donors (Lipinski definition) is 2. The standard InChI is InChI=1S/C18H13F3N4O3S.CH2O2/c19-18(20,21)28-12-5-3-11(4-6-12)17(24-16(26)14-10-23-25-29-14)7-9-27-13-2-1-8-22-15(13)17;2-1-3/h1-6,8,10H,7,9H2,(H,24,26);1H,(H,2,3). The second kappa shape index (κ2) is 9.60. The van der Waals surface area contributed by atoms with E-state index in [9.17, 15) is 18.0 Å². The van der Waals surface area contributed by atoms with Gasteiger partial charge in [0.05, 0.1) is 12.8 Å². The monoisotopic (exact) mass is 468 g/mol. The Bertz CT molecular complexity index is 1060. The molecule has 0 bridgehead atoms. The molecular weight excluding hydrogens is 453 g/mol. The third kappa shape index (κ3) is 5.11. The number of aromatic nitrogens is 3. The molecule has 1 atom stereocenters. The summed E-state index contributed by atoms with van der Waals surface area (Å²) in [5.41, 5.74) is -0.102. The molecule has 2 N–H and O–H groups in total. The molecule has 32 heavy (non-hydrogen) atoms. The van der Waals surface area contributed by atoms with Crippen LogP contribution in [0.4, 0.5) is 13.2 Å². The van der Waals surface area contributed by atoms with Crippen LogP contribution in [0.15, 0.2) is 48.8 Å². The summed E-state index contributed by atoms with van der Waals surface area (Å²) in [5.74, 6) is -0.297. The normalized spacial score (nSPS) is 17.1. The highest BCUT2D eigenvalue weighted by Gasteiger charge is 2.43. The smallest absolute Gasteiger partial charge is 0.491 e. The maximum absolute atomic E-state index is 12.8. The molecule has 3 heterocycles. The van der Waals surface area contributed by atoms with Gasteiger partial charge in [-0.05, 0) is 41.4 Å². The lowest BCUT2D eigenvalue weighted by atomic mass is 9.81. The van der Waals surface area contributed by atoms with Crippen molar-refractivity contribution in [2.24, 2.45) is 0 Å². The van der Waals surface area contributed by atoms with E-state index in [1.807, 2.05) is 0 Å². The van der Waals surface area contributed by atoms with Gasteiger partial charge in [-0.25, -0.2) is 0 Å². The maximum Gasteiger partial charge on any atom is 0.573 e. The summed E-state index contributed by atoms with van der Waals surface area (Å²) >= 11 is 0.934. The molecule has 2 aromatic heterocycles. The first-order valence-corrected chi connectivity index (χ1v) is 9.69. The fourth-order valence-electron chi connectivity index (χ4n) is 3.20. The van der Waals surface area contributed by atoms with Crippen molar-refractivity contribution in [1.82, 2.24) is 19.9 Å². The minimum absolute atomic E-state index is 0.250. The van der Waals surface area contributed by atoms with Gasteiger partial charge in [0.2, 0.25) is 0 Å². The van der Waals surface area contributed by atoms with Crippen molar-refractivity contribution < 1.29 is 37.3 Å². The molecule has 0 radical (unpaired) electrons. The van der Waals surface area contributed by atoms with Crippen molar-refractivity contribution in [2.45, 2.75) is 18.3 Å². The minimum Gasteiger partial charge on any atom is -0.491 e. The number of nitrogens with one attached hydrogen (secondary N) is 1. The molecule has 13 heteroatoms. The van der Waals surface area contributed by atoms with Crippen LogP contribution >= 0.6 is 11.5 Å². The summed E-state index contributed by atoms with van der Waals surface area (Å²) in [6, 6.07) is 8.75. The number of rotatable bonds is 4. The van der Waals surface area contributed by atoms with E-state index in [4.69, 9.17) is 14.6 Å². The zero-order valence-electron chi connectivity index (χ0n) is 16.1. The second-order valence-electron chi connectivity index (χ2n) is 6.27. The molecule has 9 nitrogen and oxygen atoms in total.